The number of benzene rings is 2. The topological polar surface area (TPSA) is 79.7 Å². The molecular weight excluding hydrogens is 460 g/mol. The maximum atomic E-state index is 13.9. The van der Waals surface area contributed by atoms with Crippen molar-refractivity contribution in [1.82, 2.24) is 4.98 Å². The number of aromatic nitrogens is 1. The lowest BCUT2D eigenvalue weighted by molar-refractivity contribution is 0.398. The number of rotatable bonds is 6. The number of aryl methyl sites for hydroxylation is 1. The number of ether oxygens (including phenoxy) is 1. The molecule has 1 aromatic heterocycles. The molecule has 0 aliphatic carbocycles. The van der Waals surface area contributed by atoms with Gasteiger partial charge in [0.05, 0.1) is 30.4 Å². The number of aromatic hydroxyl groups is 1. The molecule has 0 aliphatic heterocycles. The molecule has 7 heteroatoms. The van der Waals surface area contributed by atoms with Crippen molar-refractivity contribution < 1.29 is 18.3 Å². The Morgan fingerprint density at radius 1 is 0.914 bits per heavy atom. The SMILES string of the molecule is COc1ccc(N(Cc2cc(C(C)(C)C)c(O)c(C(C)(C)C)c2)S(=O)(=O)c2ccc(C)cc2)cn1. The van der Waals surface area contributed by atoms with Crippen molar-refractivity contribution in [3.63, 3.8) is 0 Å². The van der Waals surface area contributed by atoms with Crippen molar-refractivity contribution in [2.75, 3.05) is 11.4 Å². The lowest BCUT2D eigenvalue weighted by Crippen LogP contribution is -2.31. The molecule has 35 heavy (non-hydrogen) atoms. The van der Waals surface area contributed by atoms with Crippen LogP contribution in [0, 0.1) is 6.92 Å². The van der Waals surface area contributed by atoms with Crippen LogP contribution in [0.1, 0.15) is 63.8 Å². The van der Waals surface area contributed by atoms with Crippen LogP contribution in [0.3, 0.4) is 0 Å². The van der Waals surface area contributed by atoms with Gasteiger partial charge >= 0.3 is 0 Å². The van der Waals surface area contributed by atoms with Crippen molar-refractivity contribution in [2.24, 2.45) is 0 Å². The van der Waals surface area contributed by atoms with Gasteiger partial charge in [-0.2, -0.15) is 0 Å². The summed E-state index contributed by atoms with van der Waals surface area (Å²) in [7, 11) is -2.39. The molecule has 0 saturated heterocycles. The maximum Gasteiger partial charge on any atom is 0.264 e. The summed E-state index contributed by atoms with van der Waals surface area (Å²) in [6.07, 6.45) is 1.50. The average Bonchev–Trinajstić information content (AvgIpc) is 2.77. The van der Waals surface area contributed by atoms with E-state index >= 15 is 0 Å². The zero-order chi connectivity index (χ0) is 26.2. The van der Waals surface area contributed by atoms with Crippen LogP contribution in [0.25, 0.3) is 0 Å². The fourth-order valence-electron chi connectivity index (χ4n) is 3.89. The highest BCUT2D eigenvalue weighted by Crippen LogP contribution is 2.40. The number of nitrogens with zero attached hydrogens (tertiary/aromatic N) is 2. The number of phenolic OH excluding ortho intramolecular Hbond substituents is 1. The van der Waals surface area contributed by atoms with Crippen LogP contribution < -0.4 is 9.04 Å². The highest BCUT2D eigenvalue weighted by Gasteiger charge is 2.30. The minimum absolute atomic E-state index is 0.0800. The predicted molar refractivity (Wildman–Crippen MR) is 141 cm³/mol. The summed E-state index contributed by atoms with van der Waals surface area (Å²) >= 11 is 0. The molecule has 0 amide bonds. The molecule has 1 heterocycles. The number of hydrogen-bond donors (Lipinski definition) is 1. The van der Waals surface area contributed by atoms with Crippen LogP contribution in [0.4, 0.5) is 5.69 Å². The van der Waals surface area contributed by atoms with Crippen LogP contribution in [-0.4, -0.2) is 25.6 Å². The third-order valence-corrected chi connectivity index (χ3v) is 7.73. The zero-order valence-corrected chi connectivity index (χ0v) is 22.7. The molecule has 0 fully saturated rings. The molecule has 3 aromatic rings. The predicted octanol–water partition coefficient (Wildman–Crippen LogP) is 6.09. The minimum Gasteiger partial charge on any atom is -0.507 e. The summed E-state index contributed by atoms with van der Waals surface area (Å²) in [5.74, 6) is 0.656. The molecule has 0 unspecified atom stereocenters. The lowest BCUT2D eigenvalue weighted by atomic mass is 9.78. The molecule has 0 spiro atoms. The van der Waals surface area contributed by atoms with Gasteiger partial charge in [0, 0.05) is 6.07 Å². The Morgan fingerprint density at radius 3 is 1.89 bits per heavy atom. The number of anilines is 1. The molecule has 3 rings (SSSR count). The largest absolute Gasteiger partial charge is 0.507 e. The highest BCUT2D eigenvalue weighted by atomic mass is 32.2. The Bertz CT molecular complexity index is 1250. The van der Waals surface area contributed by atoms with Gasteiger partial charge in [-0.25, -0.2) is 13.4 Å². The van der Waals surface area contributed by atoms with Crippen molar-refractivity contribution >= 4 is 15.7 Å². The van der Waals surface area contributed by atoms with E-state index in [4.69, 9.17) is 4.74 Å². The second-order valence-corrected chi connectivity index (χ2v) is 12.8. The van der Waals surface area contributed by atoms with E-state index in [0.717, 1.165) is 22.3 Å². The first kappa shape index (κ1) is 26.5. The summed E-state index contributed by atoms with van der Waals surface area (Å²) in [5.41, 5.74) is 3.08. The van der Waals surface area contributed by atoms with Crippen LogP contribution >= 0.6 is 0 Å². The summed E-state index contributed by atoms with van der Waals surface area (Å²) in [5, 5.41) is 11.1. The molecule has 0 radical (unpaired) electrons. The molecule has 0 aliphatic rings. The first-order valence-corrected chi connectivity index (χ1v) is 13.0. The Morgan fingerprint density at radius 2 is 1.46 bits per heavy atom. The van der Waals surface area contributed by atoms with Crippen molar-refractivity contribution in [3.8, 4) is 11.6 Å². The van der Waals surface area contributed by atoms with Gasteiger partial charge < -0.3 is 9.84 Å². The molecule has 188 valence electrons. The van der Waals surface area contributed by atoms with Gasteiger partial charge in [0.15, 0.2) is 0 Å². The van der Waals surface area contributed by atoms with Crippen LogP contribution in [0.2, 0.25) is 0 Å². The van der Waals surface area contributed by atoms with Crippen LogP contribution in [0.5, 0.6) is 11.6 Å². The van der Waals surface area contributed by atoms with Crippen molar-refractivity contribution in [2.45, 2.75) is 70.7 Å². The molecule has 0 atom stereocenters. The molecule has 6 nitrogen and oxygen atoms in total. The fraction of sp³-hybridized carbons (Fsp3) is 0.393. The second-order valence-electron chi connectivity index (χ2n) is 10.9. The number of pyridine rings is 1. The van der Waals surface area contributed by atoms with Gasteiger partial charge in [-0.3, -0.25) is 4.31 Å². The zero-order valence-electron chi connectivity index (χ0n) is 21.9. The first-order valence-electron chi connectivity index (χ1n) is 11.6. The van der Waals surface area contributed by atoms with Crippen molar-refractivity contribution in [3.05, 3.63) is 77.0 Å². The van der Waals surface area contributed by atoms with Gasteiger partial charge in [0.2, 0.25) is 5.88 Å². The van der Waals surface area contributed by atoms with E-state index in [2.05, 4.69) is 4.98 Å². The molecular formula is C28H36N2O4S. The normalized spacial score (nSPS) is 12.5. The van der Waals surface area contributed by atoms with Crippen molar-refractivity contribution in [1.29, 1.82) is 0 Å². The third-order valence-electron chi connectivity index (χ3n) is 5.94. The molecule has 0 bridgehead atoms. The van der Waals surface area contributed by atoms with E-state index in [1.165, 1.54) is 17.6 Å². The van der Waals surface area contributed by atoms with Gasteiger partial charge in [-0.15, -0.1) is 0 Å². The van der Waals surface area contributed by atoms with E-state index in [1.54, 1.807) is 36.4 Å². The quantitative estimate of drug-likeness (QED) is 0.446. The first-order chi connectivity index (χ1) is 16.1. The van der Waals surface area contributed by atoms with Crippen LogP contribution in [-0.2, 0) is 27.4 Å². The average molecular weight is 497 g/mol. The molecule has 1 N–H and O–H groups in total. The Balaban J connectivity index is 2.21. The van der Waals surface area contributed by atoms with E-state index in [-0.39, 0.29) is 28.0 Å². The van der Waals surface area contributed by atoms with Crippen LogP contribution in [0.15, 0.2) is 59.6 Å². The van der Waals surface area contributed by atoms with Gasteiger partial charge in [-0.1, -0.05) is 59.2 Å². The third kappa shape index (κ3) is 5.78. The number of methoxy groups -OCH3 is 1. The Labute approximate surface area is 209 Å². The molecule has 2 aromatic carbocycles. The lowest BCUT2D eigenvalue weighted by Gasteiger charge is -2.30. The summed E-state index contributed by atoms with van der Waals surface area (Å²) < 4.78 is 34.2. The van der Waals surface area contributed by atoms with Gasteiger partial charge in [0.1, 0.15) is 5.75 Å². The van der Waals surface area contributed by atoms with E-state index in [0.29, 0.717) is 11.6 Å². The summed E-state index contributed by atoms with van der Waals surface area (Å²) in [6.45, 7) is 14.2. The Hall–Kier alpha value is -3.06. The standard InChI is InChI=1S/C28H36N2O4S/c1-19-9-12-22(13-10-19)35(32,33)30(21-11-14-25(34-8)29-17-21)18-20-15-23(27(2,3)4)26(31)24(16-20)28(5,6)7/h9-17,31H,18H2,1-8H3. The number of hydrogen-bond acceptors (Lipinski definition) is 5. The fourth-order valence-corrected chi connectivity index (χ4v) is 5.33. The smallest absolute Gasteiger partial charge is 0.264 e. The number of phenols is 1. The van der Waals surface area contributed by atoms with E-state index in [9.17, 15) is 13.5 Å². The van der Waals surface area contributed by atoms with Gasteiger partial charge in [-0.05, 0) is 64.8 Å². The van der Waals surface area contributed by atoms with Gasteiger partial charge in [0.25, 0.3) is 10.0 Å². The maximum absolute atomic E-state index is 13.9. The summed E-state index contributed by atoms with van der Waals surface area (Å²) in [6, 6.07) is 13.9. The molecule has 0 saturated carbocycles. The highest BCUT2D eigenvalue weighted by molar-refractivity contribution is 7.92. The van der Waals surface area contributed by atoms with E-state index in [1.807, 2.05) is 60.6 Å². The number of sulfonamides is 1. The minimum atomic E-state index is -3.91. The van der Waals surface area contributed by atoms with E-state index < -0.39 is 10.0 Å². The Kier molecular flexibility index (Phi) is 7.23. The monoisotopic (exact) mass is 496 g/mol. The summed E-state index contributed by atoms with van der Waals surface area (Å²) in [4.78, 5) is 4.44. The second kappa shape index (κ2) is 9.53.